The van der Waals surface area contributed by atoms with E-state index in [9.17, 15) is 9.59 Å². The van der Waals surface area contributed by atoms with Crippen LogP contribution < -0.4 is 10.9 Å². The molecule has 2 aliphatic heterocycles. The maximum atomic E-state index is 12.8. The molecule has 2 saturated heterocycles. The van der Waals surface area contributed by atoms with Crippen molar-refractivity contribution in [2.24, 2.45) is 11.8 Å². The molecule has 0 aromatic heterocycles. The van der Waals surface area contributed by atoms with Gasteiger partial charge in [0.2, 0.25) is 11.8 Å². The number of amides is 2. The summed E-state index contributed by atoms with van der Waals surface area (Å²) in [5, 5.41) is 0. The molecular formula is C21H32N4O2. The highest BCUT2D eigenvalue weighted by Gasteiger charge is 2.38. The third-order valence-electron chi connectivity index (χ3n) is 5.82. The molecule has 3 rings (SSSR count). The van der Waals surface area contributed by atoms with Crippen molar-refractivity contribution in [2.45, 2.75) is 46.2 Å². The molecule has 27 heavy (non-hydrogen) atoms. The van der Waals surface area contributed by atoms with E-state index in [0.717, 1.165) is 19.4 Å². The summed E-state index contributed by atoms with van der Waals surface area (Å²) in [6, 6.07) is 8.31. The minimum atomic E-state index is -0.0515. The lowest BCUT2D eigenvalue weighted by Gasteiger charge is -2.43. The summed E-state index contributed by atoms with van der Waals surface area (Å²) in [6.45, 7) is 9.73. The van der Waals surface area contributed by atoms with E-state index in [1.54, 1.807) is 0 Å². The molecule has 2 heterocycles. The Balaban J connectivity index is 1.62. The van der Waals surface area contributed by atoms with Crippen LogP contribution in [-0.2, 0) is 16.1 Å². The molecule has 2 N–H and O–H groups in total. The number of nitrogens with zero attached hydrogens (tertiary/aromatic N) is 2. The first-order chi connectivity index (χ1) is 13.0. The van der Waals surface area contributed by atoms with Crippen LogP contribution >= 0.6 is 0 Å². The van der Waals surface area contributed by atoms with Gasteiger partial charge in [0.05, 0.1) is 12.5 Å². The average Bonchev–Trinajstić information content (AvgIpc) is 2.64. The Morgan fingerprint density at radius 1 is 1.19 bits per heavy atom. The molecule has 1 aromatic rings. The molecule has 2 fully saturated rings. The van der Waals surface area contributed by atoms with Crippen LogP contribution in [0.4, 0.5) is 0 Å². The van der Waals surface area contributed by atoms with Crippen molar-refractivity contribution in [1.29, 1.82) is 0 Å². The molecule has 0 radical (unpaired) electrons. The molecule has 0 aliphatic carbocycles. The Labute approximate surface area is 162 Å². The molecule has 148 valence electrons. The van der Waals surface area contributed by atoms with Crippen molar-refractivity contribution in [3.8, 4) is 0 Å². The lowest BCUT2D eigenvalue weighted by molar-refractivity contribution is -0.142. The van der Waals surface area contributed by atoms with E-state index in [-0.39, 0.29) is 23.8 Å². The number of hydrazine groups is 1. The van der Waals surface area contributed by atoms with Gasteiger partial charge in [0, 0.05) is 32.2 Å². The topological polar surface area (TPSA) is 64.7 Å². The molecule has 6 heteroatoms. The fourth-order valence-corrected chi connectivity index (χ4v) is 4.04. The fraction of sp³-hybridized carbons (Fsp3) is 0.619. The first-order valence-corrected chi connectivity index (χ1v) is 10.0. The standard InChI is InChI=1S/C21H32N4O2/c1-15(2)8-9-18-19(12-22-23-21(18)27)24-10-11-25(20(26)14-24)13-17-7-5-4-6-16(17)3/h4-7,15,18-19,22H,8-14H2,1-3H3,(H,23,27). The fourth-order valence-electron chi connectivity index (χ4n) is 4.04. The van der Waals surface area contributed by atoms with Crippen molar-refractivity contribution >= 4 is 11.8 Å². The van der Waals surface area contributed by atoms with Gasteiger partial charge in [-0.05, 0) is 30.4 Å². The Morgan fingerprint density at radius 3 is 2.67 bits per heavy atom. The van der Waals surface area contributed by atoms with Crippen LogP contribution in [0.1, 0.15) is 37.8 Å². The van der Waals surface area contributed by atoms with E-state index in [2.05, 4.69) is 48.7 Å². The maximum Gasteiger partial charge on any atom is 0.238 e. The molecule has 2 aliphatic rings. The second kappa shape index (κ2) is 8.85. The first kappa shape index (κ1) is 19.8. The molecule has 2 atom stereocenters. The molecule has 0 bridgehead atoms. The van der Waals surface area contributed by atoms with E-state index in [1.807, 2.05) is 17.0 Å². The zero-order valence-electron chi connectivity index (χ0n) is 16.7. The summed E-state index contributed by atoms with van der Waals surface area (Å²) in [5.41, 5.74) is 8.20. The van der Waals surface area contributed by atoms with Gasteiger partial charge in [0.25, 0.3) is 0 Å². The van der Waals surface area contributed by atoms with Gasteiger partial charge in [-0.3, -0.25) is 19.9 Å². The van der Waals surface area contributed by atoms with Crippen molar-refractivity contribution in [3.63, 3.8) is 0 Å². The summed E-state index contributed by atoms with van der Waals surface area (Å²) in [5.74, 6) is 0.727. The van der Waals surface area contributed by atoms with Crippen LogP contribution in [0.15, 0.2) is 24.3 Å². The smallest absolute Gasteiger partial charge is 0.238 e. The van der Waals surface area contributed by atoms with Gasteiger partial charge in [-0.2, -0.15) is 0 Å². The number of aryl methyl sites for hydroxylation is 1. The van der Waals surface area contributed by atoms with Crippen molar-refractivity contribution in [1.82, 2.24) is 20.7 Å². The van der Waals surface area contributed by atoms with Crippen LogP contribution in [-0.4, -0.2) is 53.8 Å². The zero-order chi connectivity index (χ0) is 19.4. The summed E-state index contributed by atoms with van der Waals surface area (Å²) >= 11 is 0. The largest absolute Gasteiger partial charge is 0.336 e. The highest BCUT2D eigenvalue weighted by atomic mass is 16.2. The van der Waals surface area contributed by atoms with E-state index in [0.29, 0.717) is 32.1 Å². The van der Waals surface area contributed by atoms with Crippen LogP contribution in [0.5, 0.6) is 0 Å². The molecule has 2 amide bonds. The second-order valence-corrected chi connectivity index (χ2v) is 8.23. The Bertz CT molecular complexity index is 676. The number of hydrogen-bond donors (Lipinski definition) is 2. The molecular weight excluding hydrogens is 340 g/mol. The van der Waals surface area contributed by atoms with Crippen molar-refractivity contribution in [3.05, 3.63) is 35.4 Å². The molecule has 2 unspecified atom stereocenters. The molecule has 6 nitrogen and oxygen atoms in total. The van der Waals surface area contributed by atoms with Gasteiger partial charge in [-0.25, -0.2) is 5.43 Å². The lowest BCUT2D eigenvalue weighted by atomic mass is 9.88. The Morgan fingerprint density at radius 2 is 1.96 bits per heavy atom. The second-order valence-electron chi connectivity index (χ2n) is 8.23. The number of carbonyl (C=O) groups is 2. The van der Waals surface area contributed by atoms with Gasteiger partial charge < -0.3 is 4.90 Å². The normalized spacial score (nSPS) is 24.4. The maximum absolute atomic E-state index is 12.8. The van der Waals surface area contributed by atoms with E-state index < -0.39 is 0 Å². The zero-order valence-corrected chi connectivity index (χ0v) is 16.7. The van der Waals surface area contributed by atoms with Crippen LogP contribution in [0.2, 0.25) is 0 Å². The third kappa shape index (κ3) is 4.87. The van der Waals surface area contributed by atoms with Gasteiger partial charge in [0.15, 0.2) is 0 Å². The molecule has 0 saturated carbocycles. The van der Waals surface area contributed by atoms with Crippen molar-refractivity contribution in [2.75, 3.05) is 26.2 Å². The first-order valence-electron chi connectivity index (χ1n) is 10.0. The van der Waals surface area contributed by atoms with Gasteiger partial charge in [-0.1, -0.05) is 44.5 Å². The Hall–Kier alpha value is -1.92. The monoisotopic (exact) mass is 372 g/mol. The van der Waals surface area contributed by atoms with Crippen LogP contribution in [0.25, 0.3) is 0 Å². The summed E-state index contributed by atoms with van der Waals surface area (Å²) in [7, 11) is 0. The van der Waals surface area contributed by atoms with Crippen LogP contribution in [0.3, 0.4) is 0 Å². The van der Waals surface area contributed by atoms with Gasteiger partial charge in [-0.15, -0.1) is 0 Å². The number of hydrogen-bond acceptors (Lipinski definition) is 4. The molecule has 1 aromatic carbocycles. The van der Waals surface area contributed by atoms with Gasteiger partial charge in [0.1, 0.15) is 0 Å². The van der Waals surface area contributed by atoms with E-state index in [4.69, 9.17) is 0 Å². The lowest BCUT2D eigenvalue weighted by Crippen LogP contribution is -2.64. The van der Waals surface area contributed by atoms with E-state index >= 15 is 0 Å². The number of piperazine rings is 1. The Kier molecular flexibility index (Phi) is 6.50. The summed E-state index contributed by atoms with van der Waals surface area (Å²) < 4.78 is 0. The minimum absolute atomic E-state index is 0.0515. The highest BCUT2D eigenvalue weighted by Crippen LogP contribution is 2.24. The highest BCUT2D eigenvalue weighted by molar-refractivity contribution is 5.81. The SMILES string of the molecule is Cc1ccccc1CN1CCN(C2CNNC(=O)C2CCC(C)C)CC1=O. The minimum Gasteiger partial charge on any atom is -0.336 e. The van der Waals surface area contributed by atoms with Gasteiger partial charge >= 0.3 is 0 Å². The van der Waals surface area contributed by atoms with Crippen LogP contribution in [0, 0.1) is 18.8 Å². The number of nitrogens with one attached hydrogen (secondary N) is 2. The quantitative estimate of drug-likeness (QED) is 0.798. The molecule has 0 spiro atoms. The summed E-state index contributed by atoms with van der Waals surface area (Å²) in [4.78, 5) is 29.3. The summed E-state index contributed by atoms with van der Waals surface area (Å²) in [6.07, 6.45) is 1.89. The number of rotatable bonds is 6. The predicted octanol–water partition coefficient (Wildman–Crippen LogP) is 1.69. The number of benzene rings is 1. The predicted molar refractivity (Wildman–Crippen MR) is 106 cm³/mol. The number of carbonyl (C=O) groups excluding carboxylic acids is 2. The van der Waals surface area contributed by atoms with E-state index in [1.165, 1.54) is 11.1 Å². The third-order valence-corrected chi connectivity index (χ3v) is 5.82. The van der Waals surface area contributed by atoms with Crippen molar-refractivity contribution < 1.29 is 9.59 Å². The average molecular weight is 373 g/mol.